The molecule has 0 spiro atoms. The van der Waals surface area contributed by atoms with Crippen LogP contribution in [-0.4, -0.2) is 33.0 Å². The van der Waals surface area contributed by atoms with E-state index in [1.54, 1.807) is 48.5 Å². The number of carbonyl (C=O) groups excluding carboxylic acids is 1. The monoisotopic (exact) mass is 409 g/mol. The van der Waals surface area contributed by atoms with Crippen LogP contribution in [0.15, 0.2) is 64.0 Å². The minimum absolute atomic E-state index is 0.0799. The minimum atomic E-state index is -1.31. The Bertz CT molecular complexity index is 751. The molecule has 0 saturated heterocycles. The van der Waals surface area contributed by atoms with Crippen molar-refractivity contribution in [2.75, 3.05) is 5.75 Å². The Labute approximate surface area is 150 Å². The van der Waals surface area contributed by atoms with Crippen molar-refractivity contribution in [1.82, 2.24) is 5.32 Å². The summed E-state index contributed by atoms with van der Waals surface area (Å²) < 4.78 is 12.9. The standard InChI is InChI=1S/C17H16BrNO4S/c18-13-6-4-5-12(11-13)16(20)19-15(17(21)22)9-10-24(23)14-7-2-1-3-8-14/h1-8,11,15H,9-10H2,(H,19,20)(H,21,22)/t15-,24-/m1/s1. The van der Waals surface area contributed by atoms with Crippen molar-refractivity contribution in [3.05, 3.63) is 64.6 Å². The van der Waals surface area contributed by atoms with Crippen molar-refractivity contribution in [2.24, 2.45) is 0 Å². The second-order valence-corrected chi connectivity index (χ2v) is 7.51. The van der Waals surface area contributed by atoms with Gasteiger partial charge in [0.1, 0.15) is 6.04 Å². The molecule has 2 atom stereocenters. The number of carboxylic acids is 1. The molecule has 126 valence electrons. The molecule has 0 radical (unpaired) electrons. The smallest absolute Gasteiger partial charge is 0.326 e. The van der Waals surface area contributed by atoms with Gasteiger partial charge in [-0.1, -0.05) is 40.2 Å². The molecule has 1 amide bonds. The molecule has 0 saturated carbocycles. The summed E-state index contributed by atoms with van der Waals surface area (Å²) in [6.45, 7) is 0. The maximum Gasteiger partial charge on any atom is 0.326 e. The number of amides is 1. The molecular formula is C17H16BrNO4S. The summed E-state index contributed by atoms with van der Waals surface area (Å²) in [6, 6.07) is 14.4. The Kier molecular flexibility index (Phi) is 6.69. The highest BCUT2D eigenvalue weighted by Gasteiger charge is 2.21. The molecule has 2 aromatic rings. The normalized spacial score (nSPS) is 13.0. The number of carboxylic acid groups (broad SMARTS) is 1. The van der Waals surface area contributed by atoms with Gasteiger partial charge in [-0.05, 0) is 36.8 Å². The van der Waals surface area contributed by atoms with Gasteiger partial charge >= 0.3 is 5.97 Å². The van der Waals surface area contributed by atoms with Crippen LogP contribution in [0, 0.1) is 0 Å². The van der Waals surface area contributed by atoms with E-state index < -0.39 is 28.7 Å². The molecule has 0 aliphatic carbocycles. The molecule has 0 heterocycles. The SMILES string of the molecule is O=C(N[C@H](CC[S@@](=O)c1ccccc1)C(=O)O)c1cccc(Br)c1. The fourth-order valence-electron chi connectivity index (χ4n) is 2.04. The highest BCUT2D eigenvalue weighted by atomic mass is 79.9. The Morgan fingerprint density at radius 2 is 1.83 bits per heavy atom. The molecule has 2 rings (SSSR count). The van der Waals surface area contributed by atoms with Crippen LogP contribution in [0.4, 0.5) is 0 Å². The number of benzene rings is 2. The van der Waals surface area contributed by atoms with Gasteiger partial charge in [-0.2, -0.15) is 0 Å². The van der Waals surface area contributed by atoms with Crippen LogP contribution in [0.3, 0.4) is 0 Å². The number of rotatable bonds is 7. The summed E-state index contributed by atoms with van der Waals surface area (Å²) in [5, 5.41) is 11.8. The van der Waals surface area contributed by atoms with Crippen molar-refractivity contribution >= 4 is 38.6 Å². The Hall–Kier alpha value is -1.99. The lowest BCUT2D eigenvalue weighted by atomic mass is 10.1. The number of carbonyl (C=O) groups is 2. The molecule has 0 unspecified atom stereocenters. The molecule has 2 N–H and O–H groups in total. The fourth-order valence-corrected chi connectivity index (χ4v) is 3.59. The highest BCUT2D eigenvalue weighted by molar-refractivity contribution is 9.10. The lowest BCUT2D eigenvalue weighted by molar-refractivity contribution is -0.139. The Morgan fingerprint density at radius 1 is 1.12 bits per heavy atom. The van der Waals surface area contributed by atoms with Gasteiger partial charge in [0.05, 0.1) is 10.8 Å². The molecule has 0 aromatic heterocycles. The summed E-state index contributed by atoms with van der Waals surface area (Å²) in [5.41, 5.74) is 0.361. The van der Waals surface area contributed by atoms with Gasteiger partial charge < -0.3 is 10.4 Å². The van der Waals surface area contributed by atoms with Crippen molar-refractivity contribution in [2.45, 2.75) is 17.4 Å². The highest BCUT2D eigenvalue weighted by Crippen LogP contribution is 2.12. The van der Waals surface area contributed by atoms with E-state index in [4.69, 9.17) is 0 Å². The third kappa shape index (κ3) is 5.28. The summed E-state index contributed by atoms with van der Waals surface area (Å²) in [5.74, 6) is -1.47. The topological polar surface area (TPSA) is 83.5 Å². The average Bonchev–Trinajstić information content (AvgIpc) is 2.58. The molecule has 0 aliphatic rings. The number of halogens is 1. The van der Waals surface area contributed by atoms with Crippen molar-refractivity contribution in [3.63, 3.8) is 0 Å². The maximum absolute atomic E-state index is 12.2. The fraction of sp³-hybridized carbons (Fsp3) is 0.176. The first-order valence-electron chi connectivity index (χ1n) is 7.20. The van der Waals surface area contributed by atoms with Gasteiger partial charge in [0.25, 0.3) is 5.91 Å². The van der Waals surface area contributed by atoms with Crippen molar-refractivity contribution in [1.29, 1.82) is 0 Å². The van der Waals surface area contributed by atoms with Crippen LogP contribution in [-0.2, 0) is 15.6 Å². The van der Waals surface area contributed by atoms with Crippen LogP contribution in [0.5, 0.6) is 0 Å². The summed E-state index contributed by atoms with van der Waals surface area (Å²) >= 11 is 3.26. The molecule has 5 nitrogen and oxygen atoms in total. The zero-order valence-electron chi connectivity index (χ0n) is 12.6. The van der Waals surface area contributed by atoms with Gasteiger partial charge in [0, 0.05) is 20.7 Å². The first kappa shape index (κ1) is 18.4. The lowest BCUT2D eigenvalue weighted by Gasteiger charge is -2.14. The summed E-state index contributed by atoms with van der Waals surface area (Å²) in [4.78, 5) is 24.2. The summed E-state index contributed by atoms with van der Waals surface area (Å²) in [7, 11) is -1.31. The van der Waals surface area contributed by atoms with E-state index in [1.807, 2.05) is 6.07 Å². The van der Waals surface area contributed by atoms with E-state index in [0.29, 0.717) is 10.5 Å². The molecule has 24 heavy (non-hydrogen) atoms. The van der Waals surface area contributed by atoms with E-state index in [2.05, 4.69) is 21.2 Å². The quantitative estimate of drug-likeness (QED) is 0.736. The number of hydrogen-bond acceptors (Lipinski definition) is 3. The number of nitrogens with one attached hydrogen (secondary N) is 1. The summed E-state index contributed by atoms with van der Waals surface area (Å²) in [6.07, 6.45) is 0.0799. The van der Waals surface area contributed by atoms with Crippen LogP contribution in [0.1, 0.15) is 16.8 Å². The van der Waals surface area contributed by atoms with E-state index in [9.17, 15) is 18.9 Å². The number of aliphatic carboxylic acids is 1. The predicted molar refractivity (Wildman–Crippen MR) is 95.4 cm³/mol. The largest absolute Gasteiger partial charge is 0.480 e. The van der Waals surface area contributed by atoms with E-state index in [-0.39, 0.29) is 12.2 Å². The van der Waals surface area contributed by atoms with Gasteiger partial charge in [-0.3, -0.25) is 9.00 Å². The maximum atomic E-state index is 12.2. The average molecular weight is 410 g/mol. The van der Waals surface area contributed by atoms with Gasteiger partial charge in [0.15, 0.2) is 0 Å². The minimum Gasteiger partial charge on any atom is -0.480 e. The van der Waals surface area contributed by atoms with Crippen LogP contribution < -0.4 is 5.32 Å². The van der Waals surface area contributed by atoms with Crippen molar-refractivity contribution in [3.8, 4) is 0 Å². The Balaban J connectivity index is 1.98. The van der Waals surface area contributed by atoms with Gasteiger partial charge in [0.2, 0.25) is 0 Å². The van der Waals surface area contributed by atoms with Crippen LogP contribution >= 0.6 is 15.9 Å². The van der Waals surface area contributed by atoms with Gasteiger partial charge in [-0.15, -0.1) is 0 Å². The third-order valence-electron chi connectivity index (χ3n) is 3.29. The van der Waals surface area contributed by atoms with Gasteiger partial charge in [-0.25, -0.2) is 4.79 Å². The van der Waals surface area contributed by atoms with E-state index >= 15 is 0 Å². The van der Waals surface area contributed by atoms with E-state index in [0.717, 1.165) is 4.47 Å². The first-order chi connectivity index (χ1) is 11.5. The number of hydrogen-bond donors (Lipinski definition) is 2. The first-order valence-corrected chi connectivity index (χ1v) is 9.31. The van der Waals surface area contributed by atoms with Crippen LogP contribution in [0.25, 0.3) is 0 Å². The molecule has 7 heteroatoms. The zero-order chi connectivity index (χ0) is 17.5. The van der Waals surface area contributed by atoms with Crippen molar-refractivity contribution < 1.29 is 18.9 Å². The second kappa shape index (κ2) is 8.75. The second-order valence-electron chi connectivity index (χ2n) is 5.03. The van der Waals surface area contributed by atoms with Crippen LogP contribution in [0.2, 0.25) is 0 Å². The molecule has 2 aromatic carbocycles. The van der Waals surface area contributed by atoms with E-state index in [1.165, 1.54) is 0 Å². The predicted octanol–water partition coefficient (Wildman–Crippen LogP) is 2.83. The molecule has 0 aliphatic heterocycles. The molecular weight excluding hydrogens is 394 g/mol. The Morgan fingerprint density at radius 3 is 2.46 bits per heavy atom. The zero-order valence-corrected chi connectivity index (χ0v) is 15.0. The molecule has 0 bridgehead atoms. The third-order valence-corrected chi connectivity index (χ3v) is 5.19. The lowest BCUT2D eigenvalue weighted by Crippen LogP contribution is -2.41. The molecule has 0 fully saturated rings.